The van der Waals surface area contributed by atoms with Crippen molar-refractivity contribution in [2.24, 2.45) is 0 Å². The Morgan fingerprint density at radius 1 is 1.62 bits per heavy atom. The quantitative estimate of drug-likeness (QED) is 0.831. The fourth-order valence-electron chi connectivity index (χ4n) is 1.46. The summed E-state index contributed by atoms with van der Waals surface area (Å²) in [7, 11) is 1.43. The van der Waals surface area contributed by atoms with Gasteiger partial charge >= 0.3 is 5.97 Å². The Labute approximate surface area is 96.0 Å². The van der Waals surface area contributed by atoms with Gasteiger partial charge in [-0.1, -0.05) is 11.8 Å². The normalized spacial score (nSPS) is 15.1. The lowest BCUT2D eigenvalue weighted by Gasteiger charge is -2.12. The van der Waals surface area contributed by atoms with Crippen LogP contribution >= 0.6 is 11.8 Å². The zero-order valence-corrected chi connectivity index (χ0v) is 9.28. The topological polar surface area (TPSA) is 76.0 Å². The second kappa shape index (κ2) is 4.23. The largest absolute Gasteiger partial charge is 0.496 e. The smallest absolute Gasteiger partial charge is 0.337 e. The molecule has 16 heavy (non-hydrogen) atoms. The van der Waals surface area contributed by atoms with Gasteiger partial charge in [-0.15, -0.1) is 0 Å². The highest BCUT2D eigenvalue weighted by Crippen LogP contribution is 2.42. The molecule has 5 nitrogen and oxygen atoms in total. The fraction of sp³-hybridized carbons (Fsp3) is 0.300. The zero-order chi connectivity index (χ0) is 11.7. The van der Waals surface area contributed by atoms with Crippen LogP contribution in [0.4, 0.5) is 0 Å². The third-order valence-electron chi connectivity index (χ3n) is 2.25. The molecule has 0 fully saturated rings. The molecule has 1 aliphatic rings. The number of hydrogen-bond donors (Lipinski definition) is 2. The minimum absolute atomic E-state index is 0.205. The first-order valence-electron chi connectivity index (χ1n) is 4.52. The number of rotatable bonds is 3. The predicted molar refractivity (Wildman–Crippen MR) is 56.9 cm³/mol. The van der Waals surface area contributed by atoms with Gasteiger partial charge in [-0.3, -0.25) is 0 Å². The predicted octanol–water partition coefficient (Wildman–Crippen LogP) is 1.26. The average molecular weight is 242 g/mol. The van der Waals surface area contributed by atoms with Crippen LogP contribution in [-0.4, -0.2) is 29.2 Å². The lowest BCUT2D eigenvalue weighted by Crippen LogP contribution is -2.11. The molecule has 0 saturated heterocycles. The number of thioether (sulfide) groups is 1. The second-order valence-electron chi connectivity index (χ2n) is 3.19. The number of carboxylic acids is 1. The maximum atomic E-state index is 10.7. The molecule has 0 aromatic heterocycles. The Kier molecular flexibility index (Phi) is 2.93. The van der Waals surface area contributed by atoms with Gasteiger partial charge in [-0.2, -0.15) is 0 Å². The van der Waals surface area contributed by atoms with Crippen LogP contribution in [-0.2, 0) is 4.79 Å². The van der Waals surface area contributed by atoms with E-state index in [2.05, 4.69) is 0 Å². The molecule has 1 aliphatic heterocycles. The van der Waals surface area contributed by atoms with Crippen molar-refractivity contribution in [3.63, 3.8) is 0 Å². The molecular formula is C10H10O5S. The fourth-order valence-corrected chi connectivity index (χ4v) is 2.23. The van der Waals surface area contributed by atoms with Crippen LogP contribution < -0.4 is 9.47 Å². The minimum Gasteiger partial charge on any atom is -0.496 e. The molecule has 1 unspecified atom stereocenters. The Morgan fingerprint density at radius 2 is 2.38 bits per heavy atom. The summed E-state index contributed by atoms with van der Waals surface area (Å²) in [6, 6.07) is 3.18. The van der Waals surface area contributed by atoms with Crippen LogP contribution in [0.25, 0.3) is 0 Å². The number of aliphatic carboxylic acids is 1. The lowest BCUT2D eigenvalue weighted by molar-refractivity contribution is -0.147. The Morgan fingerprint density at radius 3 is 3.00 bits per heavy atom. The number of ether oxygens (including phenoxy) is 2. The summed E-state index contributed by atoms with van der Waals surface area (Å²) in [5.74, 6) is 0.113. The molecule has 1 aromatic rings. The molecule has 2 rings (SSSR count). The number of fused-ring (bicyclic) bond motifs is 1. The molecule has 0 amide bonds. The second-order valence-corrected chi connectivity index (χ2v) is 4.15. The zero-order valence-electron chi connectivity index (χ0n) is 8.47. The van der Waals surface area contributed by atoms with Gasteiger partial charge in [0.1, 0.15) is 17.4 Å². The molecule has 1 heterocycles. The molecule has 0 aliphatic carbocycles. The first kappa shape index (κ1) is 11.1. The van der Waals surface area contributed by atoms with E-state index in [4.69, 9.17) is 14.6 Å². The van der Waals surface area contributed by atoms with Crippen LogP contribution in [0.15, 0.2) is 17.0 Å². The van der Waals surface area contributed by atoms with Crippen molar-refractivity contribution in [3.05, 3.63) is 17.7 Å². The molecule has 2 N–H and O–H groups in total. The van der Waals surface area contributed by atoms with Gasteiger partial charge in [0, 0.05) is 5.56 Å². The highest BCUT2D eigenvalue weighted by atomic mass is 32.2. The summed E-state index contributed by atoms with van der Waals surface area (Å²) < 4.78 is 10.3. The summed E-state index contributed by atoms with van der Waals surface area (Å²) in [5.41, 5.74) is 0.205. The summed E-state index contributed by atoms with van der Waals surface area (Å²) in [5, 5.41) is 18.3. The molecule has 86 valence electrons. The molecule has 1 atom stereocenters. The van der Waals surface area contributed by atoms with Crippen LogP contribution in [0.5, 0.6) is 11.5 Å². The van der Waals surface area contributed by atoms with E-state index < -0.39 is 12.1 Å². The van der Waals surface area contributed by atoms with E-state index in [1.54, 1.807) is 6.07 Å². The molecule has 6 heteroatoms. The number of aliphatic hydroxyl groups is 1. The standard InChI is InChI=1S/C10H10O5S/c1-14-6-3-8-7(15-4-16-8)2-5(6)9(11)10(12)13/h2-3,9,11H,4H2,1H3,(H,12,13). The van der Waals surface area contributed by atoms with Gasteiger partial charge in [0.15, 0.2) is 6.10 Å². The minimum atomic E-state index is -1.60. The summed E-state index contributed by atoms with van der Waals surface area (Å²) >= 11 is 1.49. The van der Waals surface area contributed by atoms with Crippen molar-refractivity contribution in [2.75, 3.05) is 13.0 Å². The van der Waals surface area contributed by atoms with E-state index in [1.807, 2.05) is 0 Å². The molecule has 0 saturated carbocycles. The third kappa shape index (κ3) is 1.81. The Hall–Kier alpha value is -1.40. The van der Waals surface area contributed by atoms with Gasteiger partial charge in [-0.05, 0) is 12.1 Å². The van der Waals surface area contributed by atoms with E-state index in [0.29, 0.717) is 17.4 Å². The summed E-state index contributed by atoms with van der Waals surface area (Å²) in [6.45, 7) is 0. The maximum Gasteiger partial charge on any atom is 0.337 e. The Bertz CT molecular complexity index is 431. The van der Waals surface area contributed by atoms with Gasteiger partial charge in [-0.25, -0.2) is 4.79 Å². The number of aliphatic hydroxyl groups excluding tert-OH is 1. The third-order valence-corrected chi connectivity index (χ3v) is 3.12. The van der Waals surface area contributed by atoms with Gasteiger partial charge in [0.25, 0.3) is 0 Å². The number of methoxy groups -OCH3 is 1. The number of hydrogen-bond acceptors (Lipinski definition) is 5. The first-order valence-corrected chi connectivity index (χ1v) is 5.50. The molecule has 0 bridgehead atoms. The monoisotopic (exact) mass is 242 g/mol. The van der Waals surface area contributed by atoms with Crippen molar-refractivity contribution >= 4 is 17.7 Å². The first-order chi connectivity index (χ1) is 7.63. The van der Waals surface area contributed by atoms with Crippen LogP contribution in [0.3, 0.4) is 0 Å². The number of benzene rings is 1. The van der Waals surface area contributed by atoms with Crippen molar-refractivity contribution in [2.45, 2.75) is 11.0 Å². The van der Waals surface area contributed by atoms with Gasteiger partial charge in [0.05, 0.1) is 12.0 Å². The molecule has 0 spiro atoms. The summed E-state index contributed by atoms with van der Waals surface area (Å²) in [6.07, 6.45) is -1.60. The van der Waals surface area contributed by atoms with E-state index in [0.717, 1.165) is 4.90 Å². The van der Waals surface area contributed by atoms with Crippen LogP contribution in [0.2, 0.25) is 0 Å². The highest BCUT2D eigenvalue weighted by Gasteiger charge is 2.24. The molecule has 1 aromatic carbocycles. The Balaban J connectivity index is 2.47. The van der Waals surface area contributed by atoms with E-state index in [1.165, 1.54) is 24.9 Å². The van der Waals surface area contributed by atoms with E-state index in [9.17, 15) is 9.90 Å². The van der Waals surface area contributed by atoms with Gasteiger partial charge in [0.2, 0.25) is 0 Å². The number of carboxylic acid groups (broad SMARTS) is 1. The molecular weight excluding hydrogens is 232 g/mol. The SMILES string of the molecule is COc1cc2c(cc1C(O)C(=O)O)OCS2. The maximum absolute atomic E-state index is 10.7. The van der Waals surface area contributed by atoms with Gasteiger partial charge < -0.3 is 19.7 Å². The van der Waals surface area contributed by atoms with Crippen LogP contribution in [0.1, 0.15) is 11.7 Å². The highest BCUT2D eigenvalue weighted by molar-refractivity contribution is 7.99. The lowest BCUT2D eigenvalue weighted by atomic mass is 10.1. The van der Waals surface area contributed by atoms with Crippen molar-refractivity contribution in [1.82, 2.24) is 0 Å². The van der Waals surface area contributed by atoms with Crippen molar-refractivity contribution < 1.29 is 24.5 Å². The average Bonchev–Trinajstić information content (AvgIpc) is 2.72. The van der Waals surface area contributed by atoms with Crippen molar-refractivity contribution in [3.8, 4) is 11.5 Å². The molecule has 0 radical (unpaired) electrons. The number of carbonyl (C=O) groups is 1. The summed E-state index contributed by atoms with van der Waals surface area (Å²) in [4.78, 5) is 11.6. The van der Waals surface area contributed by atoms with E-state index >= 15 is 0 Å². The van der Waals surface area contributed by atoms with Crippen molar-refractivity contribution in [1.29, 1.82) is 0 Å². The van der Waals surface area contributed by atoms with E-state index in [-0.39, 0.29) is 5.56 Å². The van der Waals surface area contributed by atoms with Crippen LogP contribution in [0, 0.1) is 0 Å².